The Morgan fingerprint density at radius 1 is 1.25 bits per heavy atom. The van der Waals surface area contributed by atoms with Crippen LogP contribution < -0.4 is 5.32 Å². The van der Waals surface area contributed by atoms with Crippen molar-refractivity contribution in [1.29, 1.82) is 5.26 Å². The Bertz CT molecular complexity index is 1360. The maximum absolute atomic E-state index is 9.51. The van der Waals surface area contributed by atoms with Gasteiger partial charge < -0.3 is 5.32 Å². The van der Waals surface area contributed by atoms with E-state index < -0.39 is 0 Å². The number of benzene rings is 1. The molecule has 3 atom stereocenters. The van der Waals surface area contributed by atoms with Crippen molar-refractivity contribution in [2.45, 2.75) is 104 Å². The molecule has 0 amide bonds. The van der Waals surface area contributed by atoms with Crippen LogP contribution in [-0.4, -0.2) is 24.0 Å². The van der Waals surface area contributed by atoms with E-state index in [2.05, 4.69) is 87.5 Å². The molecule has 1 saturated carbocycles. The summed E-state index contributed by atoms with van der Waals surface area (Å²) in [6.07, 6.45) is 20.5. The van der Waals surface area contributed by atoms with Crippen molar-refractivity contribution in [2.24, 2.45) is 17.8 Å². The first kappa shape index (κ1) is 34.1. The molecule has 4 heteroatoms. The molecule has 1 aromatic rings. The van der Waals surface area contributed by atoms with Gasteiger partial charge in [-0.3, -0.25) is 4.90 Å². The summed E-state index contributed by atoms with van der Waals surface area (Å²) in [5.41, 5.74) is 8.92. The van der Waals surface area contributed by atoms with Crippen molar-refractivity contribution in [2.75, 3.05) is 13.1 Å². The fraction of sp³-hybridized carbons (Fsp3) is 0.525. The lowest BCUT2D eigenvalue weighted by Gasteiger charge is -2.51. The fourth-order valence-electron chi connectivity index (χ4n) is 7.52. The SMILES string of the molecule is C=C(CCC1(c2ccc(C3=CC=CC(C#N)C3)c(C)c2)CCN(C2CC(=C)C2CCCC)CC1)NC(/C=C(\C)Cl)=C/C(C)C. The summed E-state index contributed by atoms with van der Waals surface area (Å²) >= 11 is 6.26. The van der Waals surface area contributed by atoms with E-state index in [0.29, 0.717) is 17.9 Å². The highest BCUT2D eigenvalue weighted by molar-refractivity contribution is 6.29. The Morgan fingerprint density at radius 3 is 2.61 bits per heavy atom. The Morgan fingerprint density at radius 2 is 2.00 bits per heavy atom. The molecule has 0 bridgehead atoms. The van der Waals surface area contributed by atoms with Crippen molar-refractivity contribution in [3.8, 4) is 6.07 Å². The molecule has 0 spiro atoms. The predicted molar refractivity (Wildman–Crippen MR) is 189 cm³/mol. The number of allylic oxidation sites excluding steroid dienone is 8. The third-order valence-corrected chi connectivity index (χ3v) is 10.2. The normalized spacial score (nSPS) is 24.1. The number of likely N-dealkylation sites (tertiary alicyclic amines) is 1. The van der Waals surface area contributed by atoms with Crippen molar-refractivity contribution in [3.05, 3.63) is 100 Å². The van der Waals surface area contributed by atoms with Gasteiger partial charge in [0.2, 0.25) is 0 Å². The van der Waals surface area contributed by atoms with E-state index in [-0.39, 0.29) is 11.3 Å². The van der Waals surface area contributed by atoms with Crippen molar-refractivity contribution in [1.82, 2.24) is 10.2 Å². The number of halogens is 1. The Hall–Kier alpha value is -2.80. The number of nitrogens with zero attached hydrogens (tertiary/aromatic N) is 2. The monoisotopic (exact) mass is 611 g/mol. The molecule has 1 aliphatic heterocycles. The van der Waals surface area contributed by atoms with Gasteiger partial charge in [-0.25, -0.2) is 0 Å². The average molecular weight is 612 g/mol. The quantitative estimate of drug-likeness (QED) is 0.178. The zero-order valence-corrected chi connectivity index (χ0v) is 28.6. The summed E-state index contributed by atoms with van der Waals surface area (Å²) in [5, 5.41) is 13.9. The summed E-state index contributed by atoms with van der Waals surface area (Å²) in [4.78, 5) is 2.78. The van der Waals surface area contributed by atoms with Crippen LogP contribution >= 0.6 is 11.6 Å². The molecule has 2 fully saturated rings. The van der Waals surface area contributed by atoms with Crippen LogP contribution in [0.1, 0.15) is 102 Å². The third kappa shape index (κ3) is 8.47. The Balaban J connectivity index is 1.55. The van der Waals surface area contributed by atoms with Gasteiger partial charge in [0.05, 0.1) is 12.0 Å². The van der Waals surface area contributed by atoms with E-state index in [1.54, 1.807) is 0 Å². The Labute approximate surface area is 273 Å². The number of unbranched alkanes of at least 4 members (excludes halogenated alkanes) is 1. The van der Waals surface area contributed by atoms with Crippen molar-refractivity contribution < 1.29 is 0 Å². The van der Waals surface area contributed by atoms with E-state index in [1.165, 1.54) is 53.5 Å². The van der Waals surface area contributed by atoms with Gasteiger partial charge in [-0.1, -0.05) is 106 Å². The minimum absolute atomic E-state index is 0.0425. The largest absolute Gasteiger partial charge is 0.360 e. The van der Waals surface area contributed by atoms with E-state index in [9.17, 15) is 5.26 Å². The first-order chi connectivity index (χ1) is 21.0. The van der Waals surface area contributed by atoms with Crippen LogP contribution in [0.5, 0.6) is 0 Å². The molecule has 3 nitrogen and oxygen atoms in total. The minimum Gasteiger partial charge on any atom is -0.360 e. The number of nitriles is 1. The number of nitrogens with one attached hydrogen (secondary N) is 1. The van der Waals surface area contributed by atoms with E-state index in [0.717, 1.165) is 61.6 Å². The van der Waals surface area contributed by atoms with E-state index in [1.807, 2.05) is 25.2 Å². The molecule has 1 aromatic carbocycles. The van der Waals surface area contributed by atoms with Gasteiger partial charge >= 0.3 is 0 Å². The molecule has 0 radical (unpaired) electrons. The topological polar surface area (TPSA) is 39.1 Å². The van der Waals surface area contributed by atoms with Gasteiger partial charge in [-0.2, -0.15) is 5.26 Å². The van der Waals surface area contributed by atoms with Crippen LogP contribution in [0.15, 0.2) is 83.7 Å². The summed E-state index contributed by atoms with van der Waals surface area (Å²) in [6, 6.07) is 10.2. The molecule has 1 N–H and O–H groups in total. The summed E-state index contributed by atoms with van der Waals surface area (Å²) in [7, 11) is 0. The maximum atomic E-state index is 9.51. The fourth-order valence-corrected chi connectivity index (χ4v) is 7.64. The average Bonchev–Trinajstić information content (AvgIpc) is 2.98. The lowest BCUT2D eigenvalue weighted by molar-refractivity contribution is 0.0547. The minimum atomic E-state index is -0.0425. The molecule has 2 aliphatic carbocycles. The number of hydrogen-bond acceptors (Lipinski definition) is 3. The van der Waals surface area contributed by atoms with Crippen LogP contribution in [-0.2, 0) is 5.41 Å². The van der Waals surface area contributed by atoms with Gasteiger partial charge in [-0.15, -0.1) is 0 Å². The first-order valence-electron chi connectivity index (χ1n) is 16.9. The van der Waals surface area contributed by atoms with Crippen molar-refractivity contribution >= 4 is 17.2 Å². The number of aryl methyl sites for hydroxylation is 1. The maximum Gasteiger partial charge on any atom is 0.0701 e. The van der Waals surface area contributed by atoms with Gasteiger partial charge in [0.25, 0.3) is 0 Å². The van der Waals surface area contributed by atoms with Gasteiger partial charge in [0, 0.05) is 22.5 Å². The first-order valence-corrected chi connectivity index (χ1v) is 17.2. The molecular formula is C40H54ClN3. The van der Waals surface area contributed by atoms with Gasteiger partial charge in [0.15, 0.2) is 0 Å². The highest BCUT2D eigenvalue weighted by Gasteiger charge is 2.43. The zero-order valence-electron chi connectivity index (χ0n) is 27.9. The number of hydrogen-bond donors (Lipinski definition) is 1. The van der Waals surface area contributed by atoms with Crippen LogP contribution in [0, 0.1) is 36.0 Å². The lowest BCUT2D eigenvalue weighted by Crippen LogP contribution is -2.53. The second-order valence-electron chi connectivity index (χ2n) is 13.9. The van der Waals surface area contributed by atoms with Gasteiger partial charge in [0.1, 0.15) is 0 Å². The smallest absolute Gasteiger partial charge is 0.0701 e. The van der Waals surface area contributed by atoms with E-state index in [4.69, 9.17) is 11.6 Å². The van der Waals surface area contributed by atoms with Crippen molar-refractivity contribution in [3.63, 3.8) is 0 Å². The summed E-state index contributed by atoms with van der Waals surface area (Å²) in [5.74, 6) is 1.04. The van der Waals surface area contributed by atoms with E-state index >= 15 is 0 Å². The van der Waals surface area contributed by atoms with Crippen LogP contribution in [0.3, 0.4) is 0 Å². The molecule has 1 saturated heterocycles. The number of piperidine rings is 1. The summed E-state index contributed by atoms with van der Waals surface area (Å²) in [6.45, 7) is 21.9. The second kappa shape index (κ2) is 15.5. The van der Waals surface area contributed by atoms with Gasteiger partial charge in [-0.05, 0) is 117 Å². The third-order valence-electron chi connectivity index (χ3n) is 10.1. The van der Waals surface area contributed by atoms with Crippen LogP contribution in [0.4, 0.5) is 0 Å². The van der Waals surface area contributed by atoms with Crippen LogP contribution in [0.25, 0.3) is 5.57 Å². The highest BCUT2D eigenvalue weighted by Crippen LogP contribution is 2.46. The molecule has 4 rings (SSSR count). The predicted octanol–water partition coefficient (Wildman–Crippen LogP) is 10.5. The second-order valence-corrected chi connectivity index (χ2v) is 14.5. The standard InChI is InChI=1S/C40H54ClN3/c1-8-9-13-38-30(5)24-39(38)44-20-18-40(19-21-44,17-16-32(7)43-36(22-28(2)3)25-31(6)41)35-14-15-37(29(4)23-35)34-12-10-11-33(26-34)27-42/h10-12,14-15,22-23,25,28,33,38-39,43H,5,7-9,13,16-21,24,26H2,1-4,6H3/b31-25+,36-22+. The molecule has 1 heterocycles. The van der Waals surface area contributed by atoms with Crippen LogP contribution in [0.2, 0.25) is 0 Å². The Kier molecular flexibility index (Phi) is 12.0. The highest BCUT2D eigenvalue weighted by atomic mass is 35.5. The molecule has 236 valence electrons. The molecular weight excluding hydrogens is 558 g/mol. The number of rotatable bonds is 13. The molecule has 3 unspecified atom stereocenters. The summed E-state index contributed by atoms with van der Waals surface area (Å²) < 4.78 is 0. The molecule has 44 heavy (non-hydrogen) atoms. The molecule has 0 aromatic heterocycles. The molecule has 3 aliphatic rings. The lowest BCUT2D eigenvalue weighted by atomic mass is 9.66. The zero-order chi connectivity index (χ0) is 31.9.